The van der Waals surface area contributed by atoms with Gasteiger partial charge in [-0.2, -0.15) is 0 Å². The van der Waals surface area contributed by atoms with E-state index in [1.54, 1.807) is 37.4 Å². The Balaban J connectivity index is 1.55. The lowest BCUT2D eigenvalue weighted by molar-refractivity contribution is -0.132. The molecule has 186 valence electrons. The first-order valence-electron chi connectivity index (χ1n) is 11.9. The van der Waals surface area contributed by atoms with Gasteiger partial charge < -0.3 is 24.1 Å². The van der Waals surface area contributed by atoms with E-state index in [0.717, 1.165) is 37.4 Å². The Morgan fingerprint density at radius 1 is 1.00 bits per heavy atom. The van der Waals surface area contributed by atoms with Crippen molar-refractivity contribution in [1.29, 1.82) is 0 Å². The van der Waals surface area contributed by atoms with E-state index in [4.69, 9.17) is 9.15 Å². The molecule has 0 radical (unpaired) electrons. The van der Waals surface area contributed by atoms with Crippen molar-refractivity contribution in [2.45, 2.75) is 13.0 Å². The van der Waals surface area contributed by atoms with Crippen LogP contribution in [0.1, 0.15) is 22.9 Å². The number of methoxy groups -OCH3 is 1. The number of carbonyl (C=O) groups excluding carboxylic acids is 2. The highest BCUT2D eigenvalue weighted by Gasteiger charge is 2.48. The fourth-order valence-corrected chi connectivity index (χ4v) is 4.88. The molecule has 8 heteroatoms. The van der Waals surface area contributed by atoms with Crippen LogP contribution < -0.4 is 14.5 Å². The number of ether oxygens (including phenoxy) is 1. The Hall–Kier alpha value is -4.04. The summed E-state index contributed by atoms with van der Waals surface area (Å²) in [7, 11) is 3.68. The number of aryl methyl sites for hydroxylation is 1. The smallest absolute Gasteiger partial charge is 0.300 e. The van der Waals surface area contributed by atoms with Crippen LogP contribution in [0.4, 0.5) is 11.4 Å². The molecule has 8 nitrogen and oxygen atoms in total. The van der Waals surface area contributed by atoms with Crippen molar-refractivity contribution < 1.29 is 23.8 Å². The second-order valence-electron chi connectivity index (χ2n) is 9.18. The molecule has 1 unspecified atom stereocenters. The zero-order valence-electron chi connectivity index (χ0n) is 20.6. The second kappa shape index (κ2) is 9.54. The highest BCUT2D eigenvalue weighted by Crippen LogP contribution is 2.43. The topological polar surface area (TPSA) is 86.5 Å². The molecule has 1 N–H and O–H groups in total. The number of aliphatic hydroxyl groups excluding tert-OH is 1. The summed E-state index contributed by atoms with van der Waals surface area (Å²) in [6, 6.07) is 15.2. The standard InChI is InChI=1S/C28H29N3O5/c1-18-17-19(6-11-22(18)35-3)26(32)24-25(23-5-4-16-36-23)31(28(34)27(24)33)21-9-7-20(8-10-21)30-14-12-29(2)13-15-30/h4-11,16-17,25,32H,12-15H2,1-3H3/b26-24-. The summed E-state index contributed by atoms with van der Waals surface area (Å²) in [6.07, 6.45) is 1.49. The fourth-order valence-electron chi connectivity index (χ4n) is 4.88. The molecule has 1 amide bonds. The Morgan fingerprint density at radius 3 is 2.31 bits per heavy atom. The molecule has 0 bridgehead atoms. The van der Waals surface area contributed by atoms with Crippen molar-refractivity contribution >= 4 is 28.8 Å². The Morgan fingerprint density at radius 2 is 1.69 bits per heavy atom. The Labute approximate surface area is 210 Å². The number of piperazine rings is 1. The van der Waals surface area contributed by atoms with Crippen LogP contribution in [0, 0.1) is 6.92 Å². The number of amides is 1. The number of hydrogen-bond donors (Lipinski definition) is 1. The van der Waals surface area contributed by atoms with E-state index in [-0.39, 0.29) is 11.3 Å². The highest BCUT2D eigenvalue weighted by molar-refractivity contribution is 6.51. The Kier molecular flexibility index (Phi) is 6.28. The predicted octanol–water partition coefficient (Wildman–Crippen LogP) is 3.97. The molecule has 3 heterocycles. The monoisotopic (exact) mass is 487 g/mol. The van der Waals surface area contributed by atoms with Gasteiger partial charge >= 0.3 is 0 Å². The number of aliphatic hydroxyl groups is 1. The number of rotatable bonds is 5. The molecule has 2 aliphatic rings. The predicted molar refractivity (Wildman–Crippen MR) is 137 cm³/mol. The van der Waals surface area contributed by atoms with Crippen molar-refractivity contribution in [3.05, 3.63) is 83.3 Å². The first-order chi connectivity index (χ1) is 17.4. The molecule has 0 aliphatic carbocycles. The molecule has 5 rings (SSSR count). The van der Waals surface area contributed by atoms with Crippen LogP contribution in [0.2, 0.25) is 0 Å². The molecular weight excluding hydrogens is 458 g/mol. The number of nitrogens with zero attached hydrogens (tertiary/aromatic N) is 3. The quantitative estimate of drug-likeness (QED) is 0.331. The number of hydrogen-bond acceptors (Lipinski definition) is 7. The van der Waals surface area contributed by atoms with Crippen LogP contribution in [0.3, 0.4) is 0 Å². The summed E-state index contributed by atoms with van der Waals surface area (Å²) >= 11 is 0. The van der Waals surface area contributed by atoms with Crippen LogP contribution in [-0.2, 0) is 9.59 Å². The number of ketones is 1. The normalized spacial score (nSPS) is 20.2. The van der Waals surface area contributed by atoms with Crippen molar-refractivity contribution in [3.63, 3.8) is 0 Å². The highest BCUT2D eigenvalue weighted by atomic mass is 16.5. The van der Waals surface area contributed by atoms with Crippen molar-refractivity contribution in [2.24, 2.45) is 0 Å². The third kappa shape index (κ3) is 4.13. The molecule has 2 aliphatic heterocycles. The van der Waals surface area contributed by atoms with Gasteiger partial charge in [0.2, 0.25) is 0 Å². The van der Waals surface area contributed by atoms with Crippen LogP contribution in [-0.4, -0.2) is 62.0 Å². The van der Waals surface area contributed by atoms with E-state index in [1.807, 2.05) is 31.2 Å². The van der Waals surface area contributed by atoms with Crippen LogP contribution >= 0.6 is 0 Å². The largest absolute Gasteiger partial charge is 0.507 e. The van der Waals surface area contributed by atoms with Gasteiger partial charge in [-0.3, -0.25) is 14.5 Å². The summed E-state index contributed by atoms with van der Waals surface area (Å²) in [5, 5.41) is 11.3. The van der Waals surface area contributed by atoms with Gasteiger partial charge in [0, 0.05) is 43.1 Å². The van der Waals surface area contributed by atoms with E-state index >= 15 is 0 Å². The molecule has 36 heavy (non-hydrogen) atoms. The average Bonchev–Trinajstić information content (AvgIpc) is 3.51. The molecule has 0 spiro atoms. The fraction of sp³-hybridized carbons (Fsp3) is 0.286. The molecule has 2 aromatic carbocycles. The maximum atomic E-state index is 13.3. The minimum atomic E-state index is -0.892. The van der Waals surface area contributed by atoms with Gasteiger partial charge in [-0.15, -0.1) is 0 Å². The summed E-state index contributed by atoms with van der Waals surface area (Å²) in [5.41, 5.74) is 2.83. The SMILES string of the molecule is COc1ccc(/C(O)=C2/C(=O)C(=O)N(c3ccc(N4CCN(C)CC4)cc3)C2c2ccco2)cc1C. The molecular formula is C28H29N3O5. The minimum absolute atomic E-state index is 0.0114. The van der Waals surface area contributed by atoms with Gasteiger partial charge in [0.25, 0.3) is 11.7 Å². The molecule has 2 saturated heterocycles. The van der Waals surface area contributed by atoms with Crippen molar-refractivity contribution in [1.82, 2.24) is 4.90 Å². The minimum Gasteiger partial charge on any atom is -0.507 e. The lowest BCUT2D eigenvalue weighted by Gasteiger charge is -2.34. The van der Waals surface area contributed by atoms with Crippen LogP contribution in [0.5, 0.6) is 5.75 Å². The zero-order chi connectivity index (χ0) is 25.4. The molecule has 2 fully saturated rings. The van der Waals surface area contributed by atoms with Crippen molar-refractivity contribution in [2.75, 3.05) is 50.1 Å². The van der Waals surface area contributed by atoms with E-state index in [2.05, 4.69) is 16.8 Å². The van der Waals surface area contributed by atoms with Crippen molar-refractivity contribution in [3.8, 4) is 5.75 Å². The zero-order valence-corrected chi connectivity index (χ0v) is 20.6. The number of furan rings is 1. The molecule has 0 saturated carbocycles. The molecule has 1 atom stereocenters. The average molecular weight is 488 g/mol. The maximum absolute atomic E-state index is 13.3. The lowest BCUT2D eigenvalue weighted by Crippen LogP contribution is -2.44. The van der Waals surface area contributed by atoms with Gasteiger partial charge in [0.15, 0.2) is 0 Å². The summed E-state index contributed by atoms with van der Waals surface area (Å²) in [6.45, 7) is 5.67. The Bertz CT molecular complexity index is 1310. The summed E-state index contributed by atoms with van der Waals surface area (Å²) < 4.78 is 11.0. The number of anilines is 2. The van der Waals surface area contributed by atoms with Gasteiger partial charge in [0.05, 0.1) is 18.9 Å². The van der Waals surface area contributed by atoms with Gasteiger partial charge in [0.1, 0.15) is 23.3 Å². The van der Waals surface area contributed by atoms with Crippen LogP contribution in [0.25, 0.3) is 5.76 Å². The molecule has 3 aromatic rings. The van der Waals surface area contributed by atoms with E-state index < -0.39 is 17.7 Å². The van der Waals surface area contributed by atoms with Gasteiger partial charge in [-0.25, -0.2) is 0 Å². The van der Waals surface area contributed by atoms with Gasteiger partial charge in [-0.05, 0) is 74.1 Å². The molecule has 1 aromatic heterocycles. The first kappa shape index (κ1) is 23.7. The maximum Gasteiger partial charge on any atom is 0.300 e. The number of Topliss-reactive ketones (excluding diaryl/α,β-unsaturated/α-hetero) is 1. The van der Waals surface area contributed by atoms with Gasteiger partial charge in [-0.1, -0.05) is 0 Å². The second-order valence-corrected chi connectivity index (χ2v) is 9.18. The lowest BCUT2D eigenvalue weighted by atomic mass is 9.98. The van der Waals surface area contributed by atoms with Crippen LogP contribution in [0.15, 0.2) is 70.9 Å². The third-order valence-electron chi connectivity index (χ3n) is 6.92. The summed E-state index contributed by atoms with van der Waals surface area (Å²) in [4.78, 5) is 32.6. The number of benzene rings is 2. The summed E-state index contributed by atoms with van der Waals surface area (Å²) in [5.74, 6) is -0.669. The number of likely N-dealkylation sites (N-methyl/N-ethyl adjacent to an activating group) is 1. The van der Waals surface area contributed by atoms with E-state index in [9.17, 15) is 14.7 Å². The van der Waals surface area contributed by atoms with E-state index in [0.29, 0.717) is 22.8 Å². The van der Waals surface area contributed by atoms with E-state index in [1.165, 1.54) is 11.2 Å². The number of carbonyl (C=O) groups is 2. The first-order valence-corrected chi connectivity index (χ1v) is 11.9. The third-order valence-corrected chi connectivity index (χ3v) is 6.92.